The van der Waals surface area contributed by atoms with Gasteiger partial charge in [-0.2, -0.15) is 0 Å². The Hall–Kier alpha value is -7.20. The molecule has 0 amide bonds. The van der Waals surface area contributed by atoms with Crippen LogP contribution in [-0.4, -0.2) is 0 Å². The molecule has 0 radical (unpaired) electrons. The smallest absolute Gasteiger partial charge is 0.139 e. The van der Waals surface area contributed by atoms with Crippen molar-refractivity contribution in [3.05, 3.63) is 223 Å². The Morgan fingerprint density at radius 1 is 0.407 bits per heavy atom. The van der Waals surface area contributed by atoms with Crippen molar-refractivity contribution in [2.75, 3.05) is 4.90 Å². The Labute approximate surface area is 346 Å². The number of thiophene rings is 1. The predicted molar refractivity (Wildman–Crippen MR) is 250 cm³/mol. The van der Waals surface area contributed by atoms with Crippen LogP contribution in [0.15, 0.2) is 211 Å². The van der Waals surface area contributed by atoms with Crippen molar-refractivity contribution in [3.63, 3.8) is 0 Å². The topological polar surface area (TPSA) is 16.4 Å². The van der Waals surface area contributed by atoms with E-state index in [1.165, 1.54) is 70.2 Å². The monoisotopic (exact) mass is 771 g/mol. The van der Waals surface area contributed by atoms with Crippen LogP contribution in [0.25, 0.3) is 75.5 Å². The van der Waals surface area contributed by atoms with E-state index in [-0.39, 0.29) is 5.41 Å². The van der Waals surface area contributed by atoms with Crippen molar-refractivity contribution >= 4 is 70.5 Å². The minimum Gasteiger partial charge on any atom is -0.456 e. The van der Waals surface area contributed by atoms with Gasteiger partial charge in [-0.1, -0.05) is 158 Å². The van der Waals surface area contributed by atoms with Crippen LogP contribution < -0.4 is 4.90 Å². The second-order valence-corrected chi connectivity index (χ2v) is 16.8. The van der Waals surface area contributed by atoms with Gasteiger partial charge in [0, 0.05) is 59.0 Å². The summed E-state index contributed by atoms with van der Waals surface area (Å²) in [6.45, 7) is 2.36. The van der Waals surface area contributed by atoms with Crippen molar-refractivity contribution in [3.8, 4) is 33.4 Å². The molecule has 278 valence electrons. The van der Waals surface area contributed by atoms with Crippen LogP contribution in [0.1, 0.15) is 23.6 Å². The zero-order chi connectivity index (χ0) is 39.1. The Bertz CT molecular complexity index is 3350. The largest absolute Gasteiger partial charge is 0.456 e. The van der Waals surface area contributed by atoms with Crippen molar-refractivity contribution in [2.24, 2.45) is 0 Å². The molecule has 1 aliphatic rings. The van der Waals surface area contributed by atoms with Gasteiger partial charge in [-0.25, -0.2) is 0 Å². The number of furan rings is 1. The Morgan fingerprint density at radius 3 is 1.69 bits per heavy atom. The highest BCUT2D eigenvalue weighted by Crippen LogP contribution is 2.54. The van der Waals surface area contributed by atoms with Crippen LogP contribution in [0.3, 0.4) is 0 Å². The van der Waals surface area contributed by atoms with Gasteiger partial charge in [-0.15, -0.1) is 11.3 Å². The van der Waals surface area contributed by atoms with Crippen LogP contribution in [0.4, 0.5) is 17.1 Å². The quantitative estimate of drug-likeness (QED) is 0.167. The van der Waals surface area contributed by atoms with E-state index in [1.54, 1.807) is 0 Å². The van der Waals surface area contributed by atoms with Gasteiger partial charge in [0.25, 0.3) is 0 Å². The zero-order valence-electron chi connectivity index (χ0n) is 32.4. The summed E-state index contributed by atoms with van der Waals surface area (Å²) in [7, 11) is 0. The lowest BCUT2D eigenvalue weighted by molar-refractivity contribution is 0.638. The molecule has 2 aromatic heterocycles. The third kappa shape index (κ3) is 5.18. The van der Waals surface area contributed by atoms with Crippen LogP contribution in [0.2, 0.25) is 0 Å². The number of rotatable bonds is 6. The highest BCUT2D eigenvalue weighted by atomic mass is 32.1. The molecule has 0 bridgehead atoms. The second-order valence-electron chi connectivity index (χ2n) is 15.8. The fourth-order valence-electron chi connectivity index (χ4n) is 9.71. The number of para-hydroxylation sites is 1. The standard InChI is InChI=1S/C56H37NOS/c1-56(49-21-8-5-15-43(49)44-16-6-9-22-50(44)56)51-23-12-19-46-48-35-41(33-34-52(48)58-54(46)51)57(39-29-25-37(26-30-39)36-13-3-2-4-14-36)40-31-27-38(28-32-40)42-18-11-20-47-45-17-7-10-24-53(45)59-55(42)47/h2-35H,1H3. The Kier molecular flexibility index (Phi) is 7.57. The molecule has 2 nitrogen and oxygen atoms in total. The van der Waals surface area contributed by atoms with Crippen molar-refractivity contribution in [1.82, 2.24) is 0 Å². The van der Waals surface area contributed by atoms with Crippen molar-refractivity contribution in [2.45, 2.75) is 12.3 Å². The van der Waals surface area contributed by atoms with E-state index in [4.69, 9.17) is 4.42 Å². The first-order valence-corrected chi connectivity index (χ1v) is 21.1. The van der Waals surface area contributed by atoms with E-state index in [0.29, 0.717) is 0 Å². The van der Waals surface area contributed by atoms with Gasteiger partial charge in [0.15, 0.2) is 0 Å². The summed E-state index contributed by atoms with van der Waals surface area (Å²) in [4.78, 5) is 2.37. The summed E-state index contributed by atoms with van der Waals surface area (Å²) in [6.07, 6.45) is 0. The van der Waals surface area contributed by atoms with Gasteiger partial charge in [-0.3, -0.25) is 0 Å². The number of hydrogen-bond donors (Lipinski definition) is 0. The van der Waals surface area contributed by atoms with Crippen LogP contribution in [0.5, 0.6) is 0 Å². The van der Waals surface area contributed by atoms with E-state index in [2.05, 4.69) is 218 Å². The molecule has 0 saturated carbocycles. The zero-order valence-corrected chi connectivity index (χ0v) is 33.2. The second kappa shape index (κ2) is 13.2. The Balaban J connectivity index is 1.00. The summed E-state index contributed by atoms with van der Waals surface area (Å²) in [5.74, 6) is 0. The number of nitrogens with zero attached hydrogens (tertiary/aromatic N) is 1. The van der Waals surface area contributed by atoms with Gasteiger partial charge in [0.05, 0.1) is 0 Å². The maximum atomic E-state index is 6.91. The summed E-state index contributed by atoms with van der Waals surface area (Å²) < 4.78 is 9.55. The lowest BCUT2D eigenvalue weighted by Crippen LogP contribution is -2.22. The molecule has 1 aliphatic carbocycles. The molecule has 0 fully saturated rings. The highest BCUT2D eigenvalue weighted by Gasteiger charge is 2.42. The van der Waals surface area contributed by atoms with Gasteiger partial charge in [-0.05, 0) is 100.0 Å². The molecule has 12 rings (SSSR count). The van der Waals surface area contributed by atoms with Crippen LogP contribution in [0, 0.1) is 0 Å². The first-order valence-electron chi connectivity index (χ1n) is 20.2. The minimum absolute atomic E-state index is 0.363. The van der Waals surface area contributed by atoms with E-state index >= 15 is 0 Å². The molecule has 0 spiro atoms. The van der Waals surface area contributed by atoms with E-state index < -0.39 is 0 Å². The molecule has 0 saturated heterocycles. The van der Waals surface area contributed by atoms with Gasteiger partial charge >= 0.3 is 0 Å². The molecule has 2 heterocycles. The molecule has 59 heavy (non-hydrogen) atoms. The van der Waals surface area contributed by atoms with Crippen LogP contribution >= 0.6 is 11.3 Å². The third-order valence-electron chi connectivity index (χ3n) is 12.6. The molecule has 0 atom stereocenters. The highest BCUT2D eigenvalue weighted by molar-refractivity contribution is 7.26. The Morgan fingerprint density at radius 2 is 0.949 bits per heavy atom. The number of anilines is 3. The summed E-state index contributed by atoms with van der Waals surface area (Å²) in [5, 5.41) is 4.85. The van der Waals surface area contributed by atoms with Crippen LogP contribution in [-0.2, 0) is 5.41 Å². The third-order valence-corrected chi connectivity index (χ3v) is 13.8. The number of hydrogen-bond acceptors (Lipinski definition) is 3. The molecule has 3 heteroatoms. The fraction of sp³-hybridized carbons (Fsp3) is 0.0357. The first-order chi connectivity index (χ1) is 29.1. The maximum Gasteiger partial charge on any atom is 0.139 e. The fourth-order valence-corrected chi connectivity index (χ4v) is 10.9. The average molecular weight is 772 g/mol. The summed E-state index contributed by atoms with van der Waals surface area (Å²) >= 11 is 1.87. The molecular weight excluding hydrogens is 735 g/mol. The molecule has 9 aromatic carbocycles. The number of fused-ring (bicyclic) bond motifs is 9. The molecule has 11 aromatic rings. The molecule has 0 N–H and O–H groups in total. The normalized spacial score (nSPS) is 13.0. The van der Waals surface area contributed by atoms with Crippen molar-refractivity contribution < 1.29 is 4.42 Å². The minimum atomic E-state index is -0.363. The number of benzene rings is 9. The van der Waals surface area contributed by atoms with Crippen molar-refractivity contribution in [1.29, 1.82) is 0 Å². The molecule has 0 aliphatic heterocycles. The lowest BCUT2D eigenvalue weighted by atomic mass is 9.74. The average Bonchev–Trinajstić information content (AvgIpc) is 3.96. The lowest BCUT2D eigenvalue weighted by Gasteiger charge is -2.28. The summed E-state index contributed by atoms with van der Waals surface area (Å²) in [5.41, 5.74) is 15.9. The molecular formula is C56H37NOS. The van der Waals surface area contributed by atoms with E-state index in [9.17, 15) is 0 Å². The van der Waals surface area contributed by atoms with Gasteiger partial charge in [0.2, 0.25) is 0 Å². The SMILES string of the molecule is CC1(c2cccc3c2oc2ccc(N(c4ccc(-c5ccccc5)cc4)c4ccc(-c5cccc6c5sc5ccccc56)cc4)cc23)c2ccccc2-c2ccccc21. The molecule has 0 unspecified atom stereocenters. The van der Waals surface area contributed by atoms with E-state index in [0.717, 1.165) is 39.0 Å². The van der Waals surface area contributed by atoms with E-state index in [1.807, 2.05) is 11.3 Å². The predicted octanol–water partition coefficient (Wildman–Crippen LogP) is 16.1. The maximum absolute atomic E-state index is 6.91. The first kappa shape index (κ1) is 33.9. The summed E-state index contributed by atoms with van der Waals surface area (Å²) in [6, 6.07) is 75.0. The van der Waals surface area contributed by atoms with Gasteiger partial charge in [0.1, 0.15) is 11.2 Å². The van der Waals surface area contributed by atoms with Gasteiger partial charge < -0.3 is 9.32 Å².